The highest BCUT2D eigenvalue weighted by molar-refractivity contribution is 7.15. The first-order valence-electron chi connectivity index (χ1n) is 5.48. The minimum absolute atomic E-state index is 0.149. The van der Waals surface area contributed by atoms with Gasteiger partial charge in [0, 0.05) is 16.6 Å². The molecule has 0 radical (unpaired) electrons. The van der Waals surface area contributed by atoms with Crippen molar-refractivity contribution in [2.24, 2.45) is 0 Å². The van der Waals surface area contributed by atoms with Gasteiger partial charge in [-0.1, -0.05) is 0 Å². The van der Waals surface area contributed by atoms with Crippen LogP contribution in [0.2, 0.25) is 0 Å². The minimum atomic E-state index is -0.149. The van der Waals surface area contributed by atoms with Crippen molar-refractivity contribution >= 4 is 22.4 Å². The maximum absolute atomic E-state index is 12.1. The molecule has 1 amide bonds. The molecule has 4 nitrogen and oxygen atoms in total. The summed E-state index contributed by atoms with van der Waals surface area (Å²) in [7, 11) is 1.60. The van der Waals surface area contributed by atoms with Gasteiger partial charge >= 0.3 is 0 Å². The van der Waals surface area contributed by atoms with Crippen molar-refractivity contribution in [2.45, 2.75) is 13.8 Å². The Labute approximate surface area is 110 Å². The molecule has 94 valence electrons. The maximum Gasteiger partial charge on any atom is 0.257 e. The van der Waals surface area contributed by atoms with Crippen LogP contribution in [0.4, 0.5) is 5.13 Å². The number of aromatic nitrogens is 1. The van der Waals surface area contributed by atoms with Gasteiger partial charge in [-0.3, -0.25) is 10.1 Å². The van der Waals surface area contributed by atoms with Crippen LogP contribution in [0.25, 0.3) is 0 Å². The second kappa shape index (κ2) is 5.18. The molecule has 0 aliphatic heterocycles. The molecule has 5 heteroatoms. The lowest BCUT2D eigenvalue weighted by molar-refractivity contribution is 0.102. The highest BCUT2D eigenvalue weighted by Crippen LogP contribution is 2.20. The van der Waals surface area contributed by atoms with Crippen LogP contribution >= 0.6 is 11.3 Å². The van der Waals surface area contributed by atoms with E-state index in [9.17, 15) is 4.79 Å². The lowest BCUT2D eigenvalue weighted by Crippen LogP contribution is -2.13. The molecule has 2 aromatic rings. The van der Waals surface area contributed by atoms with Crippen molar-refractivity contribution < 1.29 is 9.53 Å². The molecule has 0 aliphatic carbocycles. The van der Waals surface area contributed by atoms with Crippen LogP contribution in [-0.2, 0) is 0 Å². The Morgan fingerprint density at radius 3 is 2.72 bits per heavy atom. The third-order valence-corrected chi connectivity index (χ3v) is 3.35. The molecule has 0 unspecified atom stereocenters. The van der Waals surface area contributed by atoms with Gasteiger partial charge < -0.3 is 4.74 Å². The van der Waals surface area contributed by atoms with Crippen LogP contribution in [0.5, 0.6) is 5.75 Å². The number of nitrogens with one attached hydrogen (secondary N) is 1. The Morgan fingerprint density at radius 2 is 2.17 bits per heavy atom. The van der Waals surface area contributed by atoms with E-state index in [-0.39, 0.29) is 5.91 Å². The van der Waals surface area contributed by atoms with Crippen LogP contribution in [0.1, 0.15) is 20.8 Å². The molecule has 0 spiro atoms. The van der Waals surface area contributed by atoms with Gasteiger partial charge in [-0.15, -0.1) is 11.3 Å². The van der Waals surface area contributed by atoms with E-state index < -0.39 is 0 Å². The third-order valence-electron chi connectivity index (χ3n) is 2.52. The van der Waals surface area contributed by atoms with Gasteiger partial charge in [-0.25, -0.2) is 4.98 Å². The van der Waals surface area contributed by atoms with E-state index in [1.165, 1.54) is 11.3 Å². The molecular weight excluding hydrogens is 248 g/mol. The number of hydrogen-bond acceptors (Lipinski definition) is 4. The zero-order valence-corrected chi connectivity index (χ0v) is 11.3. The molecule has 1 N–H and O–H groups in total. The summed E-state index contributed by atoms with van der Waals surface area (Å²) in [4.78, 5) is 17.2. The fourth-order valence-electron chi connectivity index (χ4n) is 1.59. The standard InChI is InChI=1S/C13H14N2O2S/c1-8-6-10(17-3)4-5-11(8)12(16)15-13-14-7-9(2)18-13/h4-7H,1-3H3,(H,14,15,16). The van der Waals surface area contributed by atoms with Crippen LogP contribution < -0.4 is 10.1 Å². The summed E-state index contributed by atoms with van der Waals surface area (Å²) in [5, 5.41) is 3.40. The van der Waals surface area contributed by atoms with Gasteiger partial charge in [0.25, 0.3) is 5.91 Å². The number of methoxy groups -OCH3 is 1. The number of aryl methyl sites for hydroxylation is 2. The van der Waals surface area contributed by atoms with Crippen molar-refractivity contribution in [3.63, 3.8) is 0 Å². The molecule has 1 aromatic heterocycles. The summed E-state index contributed by atoms with van der Waals surface area (Å²) in [5.74, 6) is 0.596. The van der Waals surface area contributed by atoms with Crippen molar-refractivity contribution in [1.82, 2.24) is 4.98 Å². The molecule has 2 rings (SSSR count). The van der Waals surface area contributed by atoms with Crippen molar-refractivity contribution in [3.8, 4) is 5.75 Å². The second-order valence-electron chi connectivity index (χ2n) is 3.91. The van der Waals surface area contributed by atoms with Gasteiger partial charge in [0.15, 0.2) is 5.13 Å². The average molecular weight is 262 g/mol. The summed E-state index contributed by atoms with van der Waals surface area (Å²) in [6.07, 6.45) is 1.74. The third kappa shape index (κ3) is 2.68. The Kier molecular flexibility index (Phi) is 3.62. The number of benzene rings is 1. The quantitative estimate of drug-likeness (QED) is 0.925. The molecule has 0 saturated carbocycles. The predicted octanol–water partition coefficient (Wildman–Crippen LogP) is 3.02. The first-order valence-corrected chi connectivity index (χ1v) is 6.30. The maximum atomic E-state index is 12.1. The van der Waals surface area contributed by atoms with E-state index >= 15 is 0 Å². The van der Waals surface area contributed by atoms with Crippen LogP contribution in [0.15, 0.2) is 24.4 Å². The molecular formula is C13H14N2O2S. The topological polar surface area (TPSA) is 51.2 Å². The fraction of sp³-hybridized carbons (Fsp3) is 0.231. The summed E-state index contributed by atoms with van der Waals surface area (Å²) < 4.78 is 5.11. The monoisotopic (exact) mass is 262 g/mol. The Bertz CT molecular complexity index is 578. The molecule has 0 fully saturated rings. The van der Waals surface area contributed by atoms with Gasteiger partial charge in [-0.05, 0) is 37.6 Å². The van der Waals surface area contributed by atoms with Gasteiger partial charge in [0.1, 0.15) is 5.75 Å². The largest absolute Gasteiger partial charge is 0.497 e. The van der Waals surface area contributed by atoms with E-state index in [0.29, 0.717) is 10.7 Å². The number of thiazole rings is 1. The summed E-state index contributed by atoms with van der Waals surface area (Å²) in [6, 6.07) is 5.36. The first kappa shape index (κ1) is 12.6. The lowest BCUT2D eigenvalue weighted by Gasteiger charge is -2.07. The number of carbonyl (C=O) groups is 1. The lowest BCUT2D eigenvalue weighted by atomic mass is 10.1. The van der Waals surface area contributed by atoms with E-state index in [4.69, 9.17) is 4.74 Å². The molecule has 0 saturated heterocycles. The molecule has 1 heterocycles. The van der Waals surface area contributed by atoms with Gasteiger partial charge in [0.2, 0.25) is 0 Å². The number of carbonyl (C=O) groups excluding carboxylic acids is 1. The zero-order chi connectivity index (χ0) is 13.1. The Hall–Kier alpha value is -1.88. The smallest absolute Gasteiger partial charge is 0.257 e. The average Bonchev–Trinajstić information content (AvgIpc) is 2.74. The van der Waals surface area contributed by atoms with E-state index in [2.05, 4.69) is 10.3 Å². The molecule has 18 heavy (non-hydrogen) atoms. The molecule has 0 bridgehead atoms. The van der Waals surface area contributed by atoms with Crippen molar-refractivity contribution in [2.75, 3.05) is 12.4 Å². The van der Waals surface area contributed by atoms with E-state index in [1.807, 2.05) is 19.9 Å². The van der Waals surface area contributed by atoms with Crippen molar-refractivity contribution in [1.29, 1.82) is 0 Å². The molecule has 1 aromatic carbocycles. The van der Waals surface area contributed by atoms with Gasteiger partial charge in [-0.2, -0.15) is 0 Å². The zero-order valence-electron chi connectivity index (χ0n) is 10.5. The minimum Gasteiger partial charge on any atom is -0.497 e. The van der Waals surface area contributed by atoms with Crippen molar-refractivity contribution in [3.05, 3.63) is 40.4 Å². The highest BCUT2D eigenvalue weighted by atomic mass is 32.1. The number of nitrogens with zero attached hydrogens (tertiary/aromatic N) is 1. The fourth-order valence-corrected chi connectivity index (χ4v) is 2.25. The normalized spacial score (nSPS) is 10.2. The summed E-state index contributed by atoms with van der Waals surface area (Å²) >= 11 is 1.46. The Balaban J connectivity index is 2.18. The van der Waals surface area contributed by atoms with Gasteiger partial charge in [0.05, 0.1) is 7.11 Å². The van der Waals surface area contributed by atoms with E-state index in [0.717, 1.165) is 16.2 Å². The predicted molar refractivity (Wildman–Crippen MR) is 72.5 cm³/mol. The number of hydrogen-bond donors (Lipinski definition) is 1. The molecule has 0 atom stereocenters. The number of ether oxygens (including phenoxy) is 1. The summed E-state index contributed by atoms with van der Waals surface area (Å²) in [6.45, 7) is 3.83. The van der Waals surface area contributed by atoms with E-state index in [1.54, 1.807) is 25.4 Å². The summed E-state index contributed by atoms with van der Waals surface area (Å²) in [5.41, 5.74) is 1.50. The molecule has 0 aliphatic rings. The van der Waals surface area contributed by atoms with Crippen LogP contribution in [0, 0.1) is 13.8 Å². The number of anilines is 1. The number of rotatable bonds is 3. The first-order chi connectivity index (χ1) is 8.60. The van der Waals surface area contributed by atoms with Crippen LogP contribution in [-0.4, -0.2) is 18.0 Å². The second-order valence-corrected chi connectivity index (χ2v) is 5.15. The SMILES string of the molecule is COc1ccc(C(=O)Nc2ncc(C)s2)c(C)c1. The highest BCUT2D eigenvalue weighted by Gasteiger charge is 2.11. The Morgan fingerprint density at radius 1 is 1.39 bits per heavy atom. The van der Waals surface area contributed by atoms with Crippen LogP contribution in [0.3, 0.4) is 0 Å². The number of amides is 1.